The van der Waals surface area contributed by atoms with Crippen LogP contribution in [0.3, 0.4) is 0 Å². The molecule has 1 N–H and O–H groups in total. The molecule has 1 amide bonds. The van der Waals surface area contributed by atoms with Gasteiger partial charge in [0.1, 0.15) is 12.3 Å². The van der Waals surface area contributed by atoms with E-state index in [9.17, 15) is 9.18 Å². The molecule has 0 saturated carbocycles. The van der Waals surface area contributed by atoms with Crippen molar-refractivity contribution in [3.63, 3.8) is 0 Å². The minimum absolute atomic E-state index is 0.169. The third-order valence-electron chi connectivity index (χ3n) is 3.88. The summed E-state index contributed by atoms with van der Waals surface area (Å²) >= 11 is 5.30. The van der Waals surface area contributed by atoms with Gasteiger partial charge in [-0.1, -0.05) is 30.3 Å². The van der Waals surface area contributed by atoms with Crippen LogP contribution in [0.1, 0.15) is 10.5 Å². The zero-order chi connectivity index (χ0) is 18.5. The van der Waals surface area contributed by atoms with Crippen LogP contribution in [-0.2, 0) is 0 Å². The summed E-state index contributed by atoms with van der Waals surface area (Å²) in [6.45, 7) is 0.486. The van der Waals surface area contributed by atoms with E-state index in [1.807, 2.05) is 30.3 Å². The van der Waals surface area contributed by atoms with Gasteiger partial charge < -0.3 is 14.6 Å². The number of carbonyl (C=O) groups excluding carboxylic acids is 1. The molecule has 3 rings (SSSR count). The molecule has 0 fully saturated rings. The maximum Gasteiger partial charge on any atom is 0.272 e. The number of aromatic amines is 1. The van der Waals surface area contributed by atoms with E-state index in [-0.39, 0.29) is 18.3 Å². The maximum absolute atomic E-state index is 13.6. The number of ether oxygens (including phenoxy) is 1. The van der Waals surface area contributed by atoms with Crippen LogP contribution in [0, 0.1) is 10.6 Å². The van der Waals surface area contributed by atoms with E-state index in [0.717, 1.165) is 5.69 Å². The number of nitrogens with zero attached hydrogens (tertiary/aromatic N) is 2. The number of halogens is 1. The lowest BCUT2D eigenvalue weighted by Gasteiger charge is -2.18. The van der Waals surface area contributed by atoms with Gasteiger partial charge in [-0.25, -0.2) is 4.39 Å². The highest BCUT2D eigenvalue weighted by atomic mass is 32.1. The molecule has 134 valence electrons. The number of amides is 1. The Hall–Kier alpha value is -2.93. The molecule has 2 aromatic carbocycles. The minimum atomic E-state index is -0.426. The van der Waals surface area contributed by atoms with Crippen molar-refractivity contribution in [2.75, 3.05) is 20.2 Å². The van der Waals surface area contributed by atoms with Crippen molar-refractivity contribution in [2.45, 2.75) is 0 Å². The van der Waals surface area contributed by atoms with Crippen molar-refractivity contribution >= 4 is 18.1 Å². The fourth-order valence-corrected chi connectivity index (χ4v) is 2.77. The Morgan fingerprint density at radius 3 is 2.62 bits per heavy atom. The highest BCUT2D eigenvalue weighted by Crippen LogP contribution is 2.16. The number of likely N-dealkylation sites (N-methyl/N-ethyl adjacent to an activating group) is 1. The van der Waals surface area contributed by atoms with E-state index < -0.39 is 5.82 Å². The summed E-state index contributed by atoms with van der Waals surface area (Å²) in [4.78, 5) is 17.2. The summed E-state index contributed by atoms with van der Waals surface area (Å²) in [6.07, 6.45) is 1.59. The SMILES string of the molecule is CN(CCOc1ccccc1F)C(=O)c1c[nH]c(=S)n1-c1ccccc1. The Balaban J connectivity index is 1.70. The number of rotatable bonds is 6. The molecule has 26 heavy (non-hydrogen) atoms. The first kappa shape index (κ1) is 17.9. The van der Waals surface area contributed by atoms with Gasteiger partial charge in [0.05, 0.1) is 6.54 Å². The summed E-state index contributed by atoms with van der Waals surface area (Å²) in [7, 11) is 1.67. The second-order valence-electron chi connectivity index (χ2n) is 5.66. The van der Waals surface area contributed by atoms with Gasteiger partial charge in [0.2, 0.25) is 0 Å². The van der Waals surface area contributed by atoms with Crippen molar-refractivity contribution in [2.24, 2.45) is 0 Å². The number of carbonyl (C=O) groups is 1. The Bertz CT molecular complexity index is 953. The number of para-hydroxylation sites is 2. The quantitative estimate of drug-likeness (QED) is 0.670. The van der Waals surface area contributed by atoms with Gasteiger partial charge in [-0.05, 0) is 36.5 Å². The first-order chi connectivity index (χ1) is 12.6. The topological polar surface area (TPSA) is 50.3 Å². The fraction of sp³-hybridized carbons (Fsp3) is 0.158. The van der Waals surface area contributed by atoms with Gasteiger partial charge in [-0.3, -0.25) is 9.36 Å². The summed E-state index contributed by atoms with van der Waals surface area (Å²) < 4.78 is 21.1. The van der Waals surface area contributed by atoms with Crippen LogP contribution in [0.2, 0.25) is 0 Å². The molecule has 0 spiro atoms. The van der Waals surface area contributed by atoms with E-state index in [4.69, 9.17) is 17.0 Å². The summed E-state index contributed by atoms with van der Waals surface area (Å²) in [5.74, 6) is -0.467. The Morgan fingerprint density at radius 2 is 1.88 bits per heavy atom. The van der Waals surface area contributed by atoms with Crippen LogP contribution in [0.5, 0.6) is 5.75 Å². The molecule has 0 unspecified atom stereocenters. The van der Waals surface area contributed by atoms with Crippen molar-refractivity contribution in [3.05, 3.63) is 77.1 Å². The largest absolute Gasteiger partial charge is 0.489 e. The number of benzene rings is 2. The second kappa shape index (κ2) is 7.97. The van der Waals surface area contributed by atoms with Crippen molar-refractivity contribution in [1.82, 2.24) is 14.5 Å². The minimum Gasteiger partial charge on any atom is -0.489 e. The van der Waals surface area contributed by atoms with E-state index in [2.05, 4.69) is 4.98 Å². The monoisotopic (exact) mass is 371 g/mol. The third kappa shape index (κ3) is 3.83. The molecule has 1 heterocycles. The van der Waals surface area contributed by atoms with Crippen LogP contribution in [0.4, 0.5) is 4.39 Å². The van der Waals surface area contributed by atoms with Crippen molar-refractivity contribution in [1.29, 1.82) is 0 Å². The van der Waals surface area contributed by atoms with Crippen LogP contribution in [0.25, 0.3) is 5.69 Å². The summed E-state index contributed by atoms with van der Waals surface area (Å²) in [6, 6.07) is 15.6. The zero-order valence-corrected chi connectivity index (χ0v) is 15.0. The predicted molar refractivity (Wildman–Crippen MR) is 99.8 cm³/mol. The van der Waals surface area contributed by atoms with Crippen LogP contribution in [-0.4, -0.2) is 40.6 Å². The molecule has 0 aliphatic carbocycles. The van der Waals surface area contributed by atoms with E-state index >= 15 is 0 Å². The van der Waals surface area contributed by atoms with E-state index in [0.29, 0.717) is 17.0 Å². The lowest BCUT2D eigenvalue weighted by atomic mass is 10.3. The fourth-order valence-electron chi connectivity index (χ4n) is 2.51. The van der Waals surface area contributed by atoms with Crippen LogP contribution in [0.15, 0.2) is 60.8 Å². The highest BCUT2D eigenvalue weighted by Gasteiger charge is 2.18. The summed E-state index contributed by atoms with van der Waals surface area (Å²) in [5.41, 5.74) is 1.23. The van der Waals surface area contributed by atoms with Gasteiger partial charge >= 0.3 is 0 Å². The second-order valence-corrected chi connectivity index (χ2v) is 6.04. The number of hydrogen-bond donors (Lipinski definition) is 1. The predicted octanol–water partition coefficient (Wildman–Crippen LogP) is 3.82. The molecule has 7 heteroatoms. The molecule has 0 aliphatic heterocycles. The Labute approximate surface area is 155 Å². The summed E-state index contributed by atoms with van der Waals surface area (Å²) in [5, 5.41) is 0. The van der Waals surface area contributed by atoms with Gasteiger partial charge in [0, 0.05) is 18.9 Å². The first-order valence-corrected chi connectivity index (χ1v) is 8.47. The molecule has 0 aliphatic rings. The number of aromatic nitrogens is 2. The first-order valence-electron chi connectivity index (χ1n) is 8.06. The van der Waals surface area contributed by atoms with Gasteiger partial charge in [-0.15, -0.1) is 0 Å². The van der Waals surface area contributed by atoms with Crippen molar-refractivity contribution in [3.8, 4) is 11.4 Å². The molecule has 0 radical (unpaired) electrons. The zero-order valence-electron chi connectivity index (χ0n) is 14.2. The molecule has 0 bridgehead atoms. The smallest absolute Gasteiger partial charge is 0.272 e. The Morgan fingerprint density at radius 1 is 1.19 bits per heavy atom. The van der Waals surface area contributed by atoms with Crippen LogP contribution < -0.4 is 4.74 Å². The lowest BCUT2D eigenvalue weighted by molar-refractivity contribution is 0.0765. The average Bonchev–Trinajstić information content (AvgIpc) is 3.04. The molecule has 3 aromatic rings. The Kier molecular flexibility index (Phi) is 5.48. The number of imidazole rings is 1. The molecular weight excluding hydrogens is 353 g/mol. The number of H-pyrrole nitrogens is 1. The normalized spacial score (nSPS) is 10.5. The highest BCUT2D eigenvalue weighted by molar-refractivity contribution is 7.71. The standard InChI is InChI=1S/C19H18FN3O2S/c1-22(11-12-25-17-10-6-5-9-15(17)20)18(24)16-13-21-19(26)23(16)14-7-3-2-4-8-14/h2-10,13H,11-12H2,1H3,(H,21,26). The van der Waals surface area contributed by atoms with Gasteiger partial charge in [0.25, 0.3) is 5.91 Å². The van der Waals surface area contributed by atoms with Crippen LogP contribution >= 0.6 is 12.2 Å². The van der Waals surface area contributed by atoms with E-state index in [1.165, 1.54) is 11.0 Å². The average molecular weight is 371 g/mol. The van der Waals surface area contributed by atoms with Gasteiger partial charge in [0.15, 0.2) is 16.3 Å². The number of hydrogen-bond acceptors (Lipinski definition) is 3. The lowest BCUT2D eigenvalue weighted by Crippen LogP contribution is -2.32. The maximum atomic E-state index is 13.6. The molecule has 0 atom stereocenters. The van der Waals surface area contributed by atoms with E-state index in [1.54, 1.807) is 36.0 Å². The van der Waals surface area contributed by atoms with Gasteiger partial charge in [-0.2, -0.15) is 0 Å². The van der Waals surface area contributed by atoms with Crippen molar-refractivity contribution < 1.29 is 13.9 Å². The molecule has 5 nitrogen and oxygen atoms in total. The number of nitrogens with one attached hydrogen (secondary N) is 1. The molecular formula is C19H18FN3O2S. The molecule has 1 aromatic heterocycles. The third-order valence-corrected chi connectivity index (χ3v) is 4.18. The molecule has 0 saturated heterocycles.